The lowest BCUT2D eigenvalue weighted by Crippen LogP contribution is -2.44. The fourth-order valence-electron chi connectivity index (χ4n) is 2.91. The lowest BCUT2D eigenvalue weighted by molar-refractivity contribution is 0.0516. The lowest BCUT2D eigenvalue weighted by atomic mass is 10.1. The van der Waals surface area contributed by atoms with Crippen LogP contribution in [0.15, 0.2) is 45.5 Å². The van der Waals surface area contributed by atoms with E-state index >= 15 is 0 Å². The van der Waals surface area contributed by atoms with Gasteiger partial charge in [-0.3, -0.25) is 4.79 Å². The van der Waals surface area contributed by atoms with Crippen LogP contribution in [0.25, 0.3) is 11.5 Å². The number of rotatable bonds is 4. The molecule has 1 unspecified atom stereocenters. The van der Waals surface area contributed by atoms with Crippen LogP contribution in [0.1, 0.15) is 29.0 Å². The quantitative estimate of drug-likeness (QED) is 0.711. The summed E-state index contributed by atoms with van der Waals surface area (Å²) in [5.41, 5.74) is 1.09. The minimum Gasteiger partial charge on any atom is -0.471 e. The van der Waals surface area contributed by atoms with Crippen molar-refractivity contribution in [3.63, 3.8) is 0 Å². The van der Waals surface area contributed by atoms with Crippen molar-refractivity contribution >= 4 is 5.91 Å². The monoisotopic (exact) mass is 354 g/mol. The highest BCUT2D eigenvalue weighted by Crippen LogP contribution is 2.23. The molecule has 1 aliphatic heterocycles. The molecule has 4 heterocycles. The molecule has 134 valence electrons. The summed E-state index contributed by atoms with van der Waals surface area (Å²) in [6.45, 7) is 2.99. The third-order valence-corrected chi connectivity index (χ3v) is 4.22. The van der Waals surface area contributed by atoms with Gasteiger partial charge in [0.05, 0.1) is 18.5 Å². The normalized spacial score (nSPS) is 17.3. The number of carbonyl (C=O) groups is 1. The van der Waals surface area contributed by atoms with E-state index in [-0.39, 0.29) is 17.7 Å². The number of nitrogens with zero attached hydrogens (tertiary/aromatic N) is 4. The zero-order valence-electron chi connectivity index (χ0n) is 14.3. The van der Waals surface area contributed by atoms with E-state index in [0.717, 1.165) is 18.5 Å². The molecule has 1 aliphatic rings. The van der Waals surface area contributed by atoms with Gasteiger partial charge in [-0.05, 0) is 38.0 Å². The van der Waals surface area contributed by atoms with Crippen molar-refractivity contribution in [2.45, 2.75) is 25.9 Å². The van der Waals surface area contributed by atoms with Gasteiger partial charge in [0.1, 0.15) is 6.10 Å². The molecule has 0 N–H and O–H groups in total. The van der Waals surface area contributed by atoms with Crippen molar-refractivity contribution in [2.24, 2.45) is 0 Å². The number of piperidine rings is 1. The molecular formula is C18H18N4O4. The molecule has 0 radical (unpaired) electrons. The Kier molecular flexibility index (Phi) is 4.39. The minimum absolute atomic E-state index is 0.124. The predicted molar refractivity (Wildman–Crippen MR) is 90.5 cm³/mol. The van der Waals surface area contributed by atoms with Crippen molar-refractivity contribution in [3.05, 3.63) is 48.0 Å². The Labute approximate surface area is 149 Å². The van der Waals surface area contributed by atoms with Gasteiger partial charge in [-0.2, -0.15) is 5.10 Å². The number of ether oxygens (including phenoxy) is 1. The van der Waals surface area contributed by atoms with E-state index < -0.39 is 0 Å². The molecule has 8 nitrogen and oxygen atoms in total. The molecule has 1 saturated heterocycles. The summed E-state index contributed by atoms with van der Waals surface area (Å²) in [5.74, 6) is 1.25. The number of aryl methyl sites for hydroxylation is 1. The molecule has 1 atom stereocenters. The van der Waals surface area contributed by atoms with Gasteiger partial charge in [0.2, 0.25) is 11.6 Å². The van der Waals surface area contributed by atoms with E-state index in [1.807, 2.05) is 13.0 Å². The first kappa shape index (κ1) is 16.3. The Balaban J connectivity index is 1.42. The standard InChI is InChI=1S/C18H18N4O4/c1-12-6-7-17(20-19-12)25-13-4-2-8-22(11-13)18(23)14-10-16(26-21-14)15-5-3-9-24-15/h3,5-7,9-10,13H,2,4,8,11H2,1H3. The molecule has 3 aromatic heterocycles. The summed E-state index contributed by atoms with van der Waals surface area (Å²) in [5, 5.41) is 11.9. The fraction of sp³-hybridized carbons (Fsp3) is 0.333. The van der Waals surface area contributed by atoms with Crippen molar-refractivity contribution < 1.29 is 18.5 Å². The SMILES string of the molecule is Cc1ccc(OC2CCCN(C(=O)c3cc(-c4ccco4)on3)C2)nn1. The molecule has 0 bridgehead atoms. The Morgan fingerprint density at radius 3 is 2.96 bits per heavy atom. The third-order valence-electron chi connectivity index (χ3n) is 4.22. The van der Waals surface area contributed by atoms with Gasteiger partial charge in [-0.25, -0.2) is 0 Å². The van der Waals surface area contributed by atoms with E-state index in [1.54, 1.807) is 35.4 Å². The number of likely N-dealkylation sites (tertiary alicyclic amines) is 1. The average Bonchev–Trinajstić information content (AvgIpc) is 3.35. The highest BCUT2D eigenvalue weighted by molar-refractivity contribution is 5.93. The maximum atomic E-state index is 12.7. The Bertz CT molecular complexity index is 873. The molecule has 0 aromatic carbocycles. The first-order valence-electron chi connectivity index (χ1n) is 8.46. The Morgan fingerprint density at radius 2 is 2.19 bits per heavy atom. The molecule has 0 saturated carbocycles. The summed E-state index contributed by atoms with van der Waals surface area (Å²) < 4.78 is 16.3. The van der Waals surface area contributed by atoms with E-state index in [4.69, 9.17) is 13.7 Å². The third kappa shape index (κ3) is 3.44. The molecule has 8 heteroatoms. The average molecular weight is 354 g/mol. The molecule has 26 heavy (non-hydrogen) atoms. The Morgan fingerprint density at radius 1 is 1.27 bits per heavy atom. The zero-order valence-corrected chi connectivity index (χ0v) is 14.3. The summed E-state index contributed by atoms with van der Waals surface area (Å²) in [7, 11) is 0. The fourth-order valence-corrected chi connectivity index (χ4v) is 2.91. The summed E-state index contributed by atoms with van der Waals surface area (Å²) in [4.78, 5) is 14.4. The Hall–Kier alpha value is -3.16. The van der Waals surface area contributed by atoms with Gasteiger partial charge in [0.15, 0.2) is 11.5 Å². The van der Waals surface area contributed by atoms with Crippen LogP contribution in [0.5, 0.6) is 5.88 Å². The van der Waals surface area contributed by atoms with Crippen molar-refractivity contribution in [1.82, 2.24) is 20.3 Å². The number of amides is 1. The maximum absolute atomic E-state index is 12.7. The summed E-state index contributed by atoms with van der Waals surface area (Å²) in [6.07, 6.45) is 3.12. The summed E-state index contributed by atoms with van der Waals surface area (Å²) >= 11 is 0. The van der Waals surface area contributed by atoms with Gasteiger partial charge >= 0.3 is 0 Å². The van der Waals surface area contributed by atoms with Gasteiger partial charge in [0, 0.05) is 18.7 Å². The zero-order chi connectivity index (χ0) is 17.9. The maximum Gasteiger partial charge on any atom is 0.276 e. The van der Waals surface area contributed by atoms with Gasteiger partial charge < -0.3 is 18.6 Å². The summed E-state index contributed by atoms with van der Waals surface area (Å²) in [6, 6.07) is 8.73. The minimum atomic E-state index is -0.185. The lowest BCUT2D eigenvalue weighted by Gasteiger charge is -2.32. The molecule has 1 fully saturated rings. The van der Waals surface area contributed by atoms with Crippen LogP contribution in [-0.2, 0) is 0 Å². The van der Waals surface area contributed by atoms with Crippen LogP contribution in [0.3, 0.4) is 0 Å². The van der Waals surface area contributed by atoms with E-state index in [1.165, 1.54) is 0 Å². The predicted octanol–water partition coefficient (Wildman–Crippen LogP) is 2.72. The van der Waals surface area contributed by atoms with Crippen molar-refractivity contribution in [2.75, 3.05) is 13.1 Å². The van der Waals surface area contributed by atoms with Gasteiger partial charge in [-0.15, -0.1) is 5.10 Å². The second-order valence-electron chi connectivity index (χ2n) is 6.20. The van der Waals surface area contributed by atoms with Crippen LogP contribution in [0.4, 0.5) is 0 Å². The largest absolute Gasteiger partial charge is 0.471 e. The smallest absolute Gasteiger partial charge is 0.276 e. The van der Waals surface area contributed by atoms with Crippen molar-refractivity contribution in [1.29, 1.82) is 0 Å². The van der Waals surface area contributed by atoms with Gasteiger partial charge in [-0.1, -0.05) is 5.16 Å². The van der Waals surface area contributed by atoms with Crippen LogP contribution in [0, 0.1) is 6.92 Å². The molecular weight excluding hydrogens is 336 g/mol. The van der Waals surface area contributed by atoms with Crippen LogP contribution >= 0.6 is 0 Å². The van der Waals surface area contributed by atoms with E-state index in [0.29, 0.717) is 30.5 Å². The van der Waals surface area contributed by atoms with Crippen molar-refractivity contribution in [3.8, 4) is 17.4 Å². The van der Waals surface area contributed by atoms with E-state index in [2.05, 4.69) is 15.4 Å². The second-order valence-corrected chi connectivity index (χ2v) is 6.20. The first-order chi connectivity index (χ1) is 12.7. The molecule has 0 spiro atoms. The van der Waals surface area contributed by atoms with Crippen LogP contribution < -0.4 is 4.74 Å². The number of hydrogen-bond acceptors (Lipinski definition) is 7. The number of carbonyl (C=O) groups excluding carboxylic acids is 1. The first-order valence-corrected chi connectivity index (χ1v) is 8.46. The topological polar surface area (TPSA) is 94.5 Å². The molecule has 3 aromatic rings. The highest BCUT2D eigenvalue weighted by Gasteiger charge is 2.28. The van der Waals surface area contributed by atoms with Crippen LogP contribution in [-0.4, -0.2) is 45.4 Å². The highest BCUT2D eigenvalue weighted by atomic mass is 16.5. The molecule has 4 rings (SSSR count). The number of aromatic nitrogens is 3. The number of hydrogen-bond donors (Lipinski definition) is 0. The number of furan rings is 1. The van der Waals surface area contributed by atoms with Gasteiger partial charge in [0.25, 0.3) is 5.91 Å². The van der Waals surface area contributed by atoms with E-state index in [9.17, 15) is 4.79 Å². The molecule has 1 amide bonds. The van der Waals surface area contributed by atoms with Crippen LogP contribution in [0.2, 0.25) is 0 Å². The second kappa shape index (κ2) is 6.99. The molecule has 0 aliphatic carbocycles.